The maximum Gasteiger partial charge on any atom is 0.222 e. The van der Waals surface area contributed by atoms with E-state index >= 15 is 0 Å². The van der Waals surface area contributed by atoms with Gasteiger partial charge in [-0.2, -0.15) is 0 Å². The maximum absolute atomic E-state index is 12.0. The molecule has 4 aliphatic carbocycles. The van der Waals surface area contributed by atoms with Crippen molar-refractivity contribution in [3.05, 3.63) is 23.3 Å². The smallest absolute Gasteiger partial charge is 0.222 e. The summed E-state index contributed by atoms with van der Waals surface area (Å²) in [5, 5.41) is 3.00. The first-order valence-electron chi connectivity index (χ1n) is 10.7. The van der Waals surface area contributed by atoms with Gasteiger partial charge in [-0.15, -0.1) is 0 Å². The lowest BCUT2D eigenvalue weighted by Gasteiger charge is -2.54. The quantitative estimate of drug-likeness (QED) is 0.587. The van der Waals surface area contributed by atoms with Gasteiger partial charge in [0.1, 0.15) is 0 Å². The summed E-state index contributed by atoms with van der Waals surface area (Å²) in [5.41, 5.74) is 2.71. The predicted octanol–water partition coefficient (Wildman–Crippen LogP) is 5.03. The van der Waals surface area contributed by atoms with Crippen LogP contribution >= 0.6 is 0 Å². The van der Waals surface area contributed by atoms with Crippen molar-refractivity contribution in [1.82, 2.24) is 5.32 Å². The van der Waals surface area contributed by atoms with Gasteiger partial charge in [0.25, 0.3) is 0 Å². The first kappa shape index (κ1) is 19.7. The van der Waals surface area contributed by atoms with Crippen LogP contribution < -0.4 is 5.32 Å². The van der Waals surface area contributed by atoms with Crippen LogP contribution in [0.2, 0.25) is 0 Å². The van der Waals surface area contributed by atoms with Gasteiger partial charge in [-0.1, -0.05) is 23.3 Å². The molecule has 0 saturated heterocycles. The van der Waals surface area contributed by atoms with Crippen LogP contribution in [0.4, 0.5) is 0 Å². The molecule has 146 valence electrons. The van der Waals surface area contributed by atoms with Crippen LogP contribution in [0, 0.1) is 23.7 Å². The molecule has 26 heavy (non-hydrogen) atoms. The minimum atomic E-state index is 0.113. The molecule has 0 aromatic heterocycles. The summed E-state index contributed by atoms with van der Waals surface area (Å²) >= 11 is 0. The molecule has 0 aliphatic heterocycles. The van der Waals surface area contributed by atoms with Crippen molar-refractivity contribution in [2.45, 2.75) is 78.2 Å². The van der Waals surface area contributed by atoms with E-state index in [0.29, 0.717) is 25.7 Å². The summed E-state index contributed by atoms with van der Waals surface area (Å²) in [6.07, 6.45) is 14.5. The summed E-state index contributed by atoms with van der Waals surface area (Å²) in [6, 6.07) is 0. The Morgan fingerprint density at radius 3 is 2.23 bits per heavy atom. The van der Waals surface area contributed by atoms with Crippen molar-refractivity contribution in [2.75, 3.05) is 13.2 Å². The van der Waals surface area contributed by atoms with Crippen LogP contribution in [0.3, 0.4) is 0 Å². The zero-order valence-corrected chi connectivity index (χ0v) is 16.9. The molecule has 0 aromatic rings. The Morgan fingerprint density at radius 2 is 1.62 bits per heavy atom. The minimum absolute atomic E-state index is 0.113. The van der Waals surface area contributed by atoms with Crippen LogP contribution in [0.25, 0.3) is 0 Å². The van der Waals surface area contributed by atoms with Gasteiger partial charge in [0.15, 0.2) is 0 Å². The zero-order valence-electron chi connectivity index (χ0n) is 16.9. The lowest BCUT2D eigenvalue weighted by Crippen LogP contribution is -2.49. The summed E-state index contributed by atoms with van der Waals surface area (Å²) in [4.78, 5) is 12.0. The lowest BCUT2D eigenvalue weighted by molar-refractivity contribution is -0.135. The van der Waals surface area contributed by atoms with E-state index in [9.17, 15) is 4.79 Å². The van der Waals surface area contributed by atoms with Crippen molar-refractivity contribution < 1.29 is 9.53 Å². The molecule has 0 atom stereocenters. The first-order chi connectivity index (χ1) is 12.5. The second-order valence-electron chi connectivity index (χ2n) is 9.19. The van der Waals surface area contributed by atoms with E-state index in [1.165, 1.54) is 43.3 Å². The Balaban J connectivity index is 1.29. The van der Waals surface area contributed by atoms with E-state index < -0.39 is 0 Å². The van der Waals surface area contributed by atoms with Crippen LogP contribution in [0.1, 0.15) is 72.1 Å². The summed E-state index contributed by atoms with van der Waals surface area (Å²) in [7, 11) is 0. The SMILES string of the molecule is CC(C)=CCCC(C)=CCNC(=O)CCOC1C2CC3CC(C2)CC1C3. The molecule has 1 amide bonds. The van der Waals surface area contributed by atoms with Crippen LogP contribution in [-0.2, 0) is 9.53 Å². The Bertz CT molecular complexity index is 516. The number of amides is 1. The number of hydrogen-bond donors (Lipinski definition) is 1. The molecule has 0 heterocycles. The standard InChI is InChI=1S/C23H37NO2/c1-16(2)5-4-6-17(3)7-9-24-22(25)8-10-26-23-20-12-18-11-19(14-20)15-21(23)13-18/h5,7,18-21,23H,4,6,8-15H2,1-3H3,(H,24,25). The number of nitrogens with one attached hydrogen (secondary N) is 1. The number of hydrogen-bond acceptors (Lipinski definition) is 2. The maximum atomic E-state index is 12.0. The largest absolute Gasteiger partial charge is 0.377 e. The van der Waals surface area contributed by atoms with Gasteiger partial charge in [0.05, 0.1) is 12.7 Å². The highest BCUT2D eigenvalue weighted by atomic mass is 16.5. The number of carbonyl (C=O) groups excluding carboxylic acids is 1. The molecule has 4 saturated carbocycles. The van der Waals surface area contributed by atoms with E-state index in [0.717, 1.165) is 36.5 Å². The van der Waals surface area contributed by atoms with Crippen molar-refractivity contribution in [3.8, 4) is 0 Å². The average Bonchev–Trinajstić information content (AvgIpc) is 2.56. The third-order valence-corrected chi connectivity index (χ3v) is 6.62. The average molecular weight is 360 g/mol. The zero-order chi connectivity index (χ0) is 18.5. The normalized spacial score (nSPS) is 32.6. The van der Waals surface area contributed by atoms with Gasteiger partial charge >= 0.3 is 0 Å². The predicted molar refractivity (Wildman–Crippen MR) is 107 cm³/mol. The molecular formula is C23H37NO2. The second kappa shape index (κ2) is 9.21. The van der Waals surface area contributed by atoms with Gasteiger partial charge in [-0.3, -0.25) is 4.79 Å². The molecule has 0 unspecified atom stereocenters. The van der Waals surface area contributed by atoms with Gasteiger partial charge in [0.2, 0.25) is 5.91 Å². The fraction of sp³-hybridized carbons (Fsp3) is 0.783. The molecule has 4 aliphatic rings. The van der Waals surface area contributed by atoms with E-state index in [-0.39, 0.29) is 5.91 Å². The highest BCUT2D eigenvalue weighted by Crippen LogP contribution is 2.54. The van der Waals surface area contributed by atoms with E-state index in [1.54, 1.807) is 0 Å². The van der Waals surface area contributed by atoms with Crippen LogP contribution in [0.5, 0.6) is 0 Å². The second-order valence-corrected chi connectivity index (χ2v) is 9.19. The molecular weight excluding hydrogens is 322 g/mol. The highest BCUT2D eigenvalue weighted by Gasteiger charge is 2.48. The number of rotatable bonds is 9. The molecule has 4 fully saturated rings. The number of carbonyl (C=O) groups is 1. The van der Waals surface area contributed by atoms with Crippen molar-refractivity contribution in [1.29, 1.82) is 0 Å². The Hall–Kier alpha value is -1.09. The number of allylic oxidation sites excluding steroid dienone is 3. The molecule has 0 aromatic carbocycles. The summed E-state index contributed by atoms with van der Waals surface area (Å²) in [6.45, 7) is 7.62. The fourth-order valence-electron chi connectivity index (χ4n) is 5.55. The summed E-state index contributed by atoms with van der Waals surface area (Å²) in [5.74, 6) is 3.63. The van der Waals surface area contributed by atoms with E-state index in [1.807, 2.05) is 0 Å². The molecule has 3 nitrogen and oxygen atoms in total. The fourth-order valence-corrected chi connectivity index (χ4v) is 5.55. The first-order valence-corrected chi connectivity index (χ1v) is 10.7. The summed E-state index contributed by atoms with van der Waals surface area (Å²) < 4.78 is 6.21. The van der Waals surface area contributed by atoms with Crippen LogP contribution in [-0.4, -0.2) is 25.2 Å². The number of ether oxygens (including phenoxy) is 1. The molecule has 0 spiro atoms. The van der Waals surface area contributed by atoms with Crippen molar-refractivity contribution >= 4 is 5.91 Å². The van der Waals surface area contributed by atoms with E-state index in [2.05, 4.69) is 38.2 Å². The van der Waals surface area contributed by atoms with Gasteiger partial charge in [0, 0.05) is 13.0 Å². The lowest BCUT2D eigenvalue weighted by atomic mass is 9.55. The highest BCUT2D eigenvalue weighted by molar-refractivity contribution is 5.76. The van der Waals surface area contributed by atoms with Gasteiger partial charge in [-0.05, 0) is 89.4 Å². The third-order valence-electron chi connectivity index (χ3n) is 6.62. The topological polar surface area (TPSA) is 38.3 Å². The Labute approximate surface area is 159 Å². The van der Waals surface area contributed by atoms with Gasteiger partial charge in [-0.25, -0.2) is 0 Å². The minimum Gasteiger partial charge on any atom is -0.377 e. The molecule has 1 N–H and O–H groups in total. The monoisotopic (exact) mass is 359 g/mol. The van der Waals surface area contributed by atoms with E-state index in [4.69, 9.17) is 4.74 Å². The Kier molecular flexibility index (Phi) is 6.97. The van der Waals surface area contributed by atoms with Crippen LogP contribution in [0.15, 0.2) is 23.3 Å². The molecule has 0 radical (unpaired) electrons. The third kappa shape index (κ3) is 5.45. The van der Waals surface area contributed by atoms with Crippen molar-refractivity contribution in [3.63, 3.8) is 0 Å². The molecule has 3 heteroatoms. The Morgan fingerprint density at radius 1 is 0.962 bits per heavy atom. The molecule has 4 rings (SSSR count). The van der Waals surface area contributed by atoms with Crippen molar-refractivity contribution in [2.24, 2.45) is 23.7 Å². The van der Waals surface area contributed by atoms with Gasteiger partial charge < -0.3 is 10.1 Å². The molecule has 4 bridgehead atoms.